The summed E-state index contributed by atoms with van der Waals surface area (Å²) in [5, 5.41) is 6.17. The first-order valence-electron chi connectivity index (χ1n) is 9.01. The monoisotopic (exact) mass is 462 g/mol. The fraction of sp³-hybridized carbons (Fsp3) is 0.143. The summed E-state index contributed by atoms with van der Waals surface area (Å²) in [6.07, 6.45) is 0. The van der Waals surface area contributed by atoms with E-state index in [1.54, 1.807) is 60.0 Å². The molecule has 1 heterocycles. The van der Waals surface area contributed by atoms with Crippen molar-refractivity contribution in [3.63, 3.8) is 0 Å². The van der Waals surface area contributed by atoms with Gasteiger partial charge in [-0.3, -0.25) is 9.59 Å². The number of hydrogen-bond acceptors (Lipinski definition) is 5. The standard InChI is InChI=1S/C21H19ClN2O4S2/c22-17-10-5-4-7-15(17)13-23-20(25)21(26)24-14-19(18-11-6-12-29-18)30(27,28)16-8-2-1-3-9-16/h1-12,19H,13-14H2,(H,23,25)(H,24,26)/t19-/m0/s1. The molecule has 0 aliphatic carbocycles. The van der Waals surface area contributed by atoms with Gasteiger partial charge >= 0.3 is 11.8 Å². The van der Waals surface area contributed by atoms with Gasteiger partial charge in [-0.25, -0.2) is 8.42 Å². The second kappa shape index (κ2) is 9.88. The Morgan fingerprint density at radius 3 is 2.23 bits per heavy atom. The third-order valence-corrected chi connectivity index (χ3v) is 7.96. The molecule has 1 atom stereocenters. The van der Waals surface area contributed by atoms with E-state index in [0.29, 0.717) is 15.5 Å². The third-order valence-electron chi connectivity index (χ3n) is 4.36. The number of nitrogens with one attached hydrogen (secondary N) is 2. The fourth-order valence-corrected chi connectivity index (χ4v) is 5.78. The first-order valence-corrected chi connectivity index (χ1v) is 11.8. The predicted octanol–water partition coefficient (Wildman–Crippen LogP) is 3.35. The van der Waals surface area contributed by atoms with Gasteiger partial charge in [0.15, 0.2) is 9.84 Å². The largest absolute Gasteiger partial charge is 0.346 e. The normalized spacial score (nSPS) is 12.2. The molecule has 6 nitrogen and oxygen atoms in total. The molecule has 1 aromatic heterocycles. The van der Waals surface area contributed by atoms with Gasteiger partial charge in [0, 0.05) is 23.0 Å². The smallest absolute Gasteiger partial charge is 0.309 e. The Balaban J connectivity index is 1.68. The second-order valence-electron chi connectivity index (χ2n) is 6.35. The topological polar surface area (TPSA) is 92.3 Å². The number of rotatable bonds is 7. The van der Waals surface area contributed by atoms with Crippen molar-refractivity contribution in [2.24, 2.45) is 0 Å². The number of benzene rings is 2. The molecule has 0 spiro atoms. The maximum atomic E-state index is 13.1. The summed E-state index contributed by atoms with van der Waals surface area (Å²) < 4.78 is 26.2. The highest BCUT2D eigenvalue weighted by Crippen LogP contribution is 2.31. The van der Waals surface area contributed by atoms with Gasteiger partial charge in [-0.15, -0.1) is 11.3 Å². The molecule has 0 fully saturated rings. The minimum Gasteiger partial charge on any atom is -0.346 e. The number of carbonyl (C=O) groups is 2. The number of sulfone groups is 1. The lowest BCUT2D eigenvalue weighted by molar-refractivity contribution is -0.139. The molecule has 0 unspecified atom stereocenters. The Kier molecular flexibility index (Phi) is 7.25. The van der Waals surface area contributed by atoms with Crippen molar-refractivity contribution in [1.82, 2.24) is 10.6 Å². The van der Waals surface area contributed by atoms with Crippen LogP contribution in [0.1, 0.15) is 15.7 Å². The van der Waals surface area contributed by atoms with Crippen LogP contribution in [-0.4, -0.2) is 26.8 Å². The van der Waals surface area contributed by atoms with Gasteiger partial charge in [0.2, 0.25) is 0 Å². The van der Waals surface area contributed by atoms with E-state index in [-0.39, 0.29) is 18.0 Å². The van der Waals surface area contributed by atoms with E-state index in [9.17, 15) is 18.0 Å². The van der Waals surface area contributed by atoms with E-state index in [0.717, 1.165) is 0 Å². The number of halogens is 1. The minimum atomic E-state index is -3.76. The van der Waals surface area contributed by atoms with Crippen molar-refractivity contribution < 1.29 is 18.0 Å². The molecular weight excluding hydrogens is 444 g/mol. The van der Waals surface area contributed by atoms with E-state index in [1.165, 1.54) is 23.5 Å². The van der Waals surface area contributed by atoms with Crippen molar-refractivity contribution in [3.05, 3.63) is 87.6 Å². The van der Waals surface area contributed by atoms with Crippen LogP contribution in [0, 0.1) is 0 Å². The van der Waals surface area contributed by atoms with Crippen molar-refractivity contribution >= 4 is 44.6 Å². The molecule has 0 aliphatic rings. The van der Waals surface area contributed by atoms with Crippen LogP contribution < -0.4 is 10.6 Å². The molecule has 0 bridgehead atoms. The Morgan fingerprint density at radius 1 is 0.900 bits per heavy atom. The highest BCUT2D eigenvalue weighted by atomic mass is 35.5. The van der Waals surface area contributed by atoms with Gasteiger partial charge in [0.25, 0.3) is 0 Å². The van der Waals surface area contributed by atoms with Gasteiger partial charge in [-0.2, -0.15) is 0 Å². The van der Waals surface area contributed by atoms with Crippen molar-refractivity contribution in [2.75, 3.05) is 6.54 Å². The highest BCUT2D eigenvalue weighted by Gasteiger charge is 2.31. The summed E-state index contributed by atoms with van der Waals surface area (Å²) in [7, 11) is -3.76. The molecule has 30 heavy (non-hydrogen) atoms. The van der Waals surface area contributed by atoms with Crippen LogP contribution in [0.4, 0.5) is 0 Å². The number of hydrogen-bond donors (Lipinski definition) is 2. The second-order valence-corrected chi connectivity index (χ2v) is 9.86. The Bertz CT molecular complexity index is 1120. The summed E-state index contributed by atoms with van der Waals surface area (Å²) in [5.41, 5.74) is 0.670. The number of amides is 2. The number of thiophene rings is 1. The molecular formula is C21H19ClN2O4S2. The van der Waals surface area contributed by atoms with Gasteiger partial charge < -0.3 is 10.6 Å². The van der Waals surface area contributed by atoms with E-state index in [1.807, 2.05) is 0 Å². The van der Waals surface area contributed by atoms with Crippen LogP contribution in [0.15, 0.2) is 77.0 Å². The molecule has 9 heteroatoms. The number of carbonyl (C=O) groups excluding carboxylic acids is 2. The molecule has 2 amide bonds. The third kappa shape index (κ3) is 5.27. The molecule has 2 aromatic carbocycles. The zero-order valence-electron chi connectivity index (χ0n) is 15.7. The Labute approximate surface area is 183 Å². The van der Waals surface area contributed by atoms with Gasteiger partial charge in [0.05, 0.1) is 4.90 Å². The van der Waals surface area contributed by atoms with E-state index >= 15 is 0 Å². The Hall–Kier alpha value is -2.68. The van der Waals surface area contributed by atoms with Crippen LogP contribution in [0.5, 0.6) is 0 Å². The quantitative estimate of drug-likeness (QED) is 0.526. The first kappa shape index (κ1) is 22.0. The zero-order chi connectivity index (χ0) is 21.6. The molecule has 0 aliphatic heterocycles. The maximum absolute atomic E-state index is 13.1. The minimum absolute atomic E-state index is 0.0859. The van der Waals surface area contributed by atoms with Gasteiger partial charge in [0.1, 0.15) is 5.25 Å². The van der Waals surface area contributed by atoms with Crippen LogP contribution in [0.3, 0.4) is 0 Å². The lowest BCUT2D eigenvalue weighted by Crippen LogP contribution is -2.42. The lowest BCUT2D eigenvalue weighted by Gasteiger charge is -2.17. The molecule has 3 rings (SSSR count). The molecule has 0 saturated heterocycles. The van der Waals surface area contributed by atoms with Gasteiger partial charge in [-0.05, 0) is 35.2 Å². The lowest BCUT2D eigenvalue weighted by atomic mass is 10.2. The van der Waals surface area contributed by atoms with E-state index in [4.69, 9.17) is 11.6 Å². The Morgan fingerprint density at radius 2 is 1.57 bits per heavy atom. The van der Waals surface area contributed by atoms with Crippen molar-refractivity contribution in [3.8, 4) is 0 Å². The first-order chi connectivity index (χ1) is 14.4. The molecule has 156 valence electrons. The summed E-state index contributed by atoms with van der Waals surface area (Å²) in [5.74, 6) is -1.77. The molecule has 2 N–H and O–H groups in total. The van der Waals surface area contributed by atoms with Gasteiger partial charge in [-0.1, -0.05) is 54.1 Å². The fourth-order valence-electron chi connectivity index (χ4n) is 2.78. The molecule has 3 aromatic rings. The average molecular weight is 463 g/mol. The zero-order valence-corrected chi connectivity index (χ0v) is 18.1. The van der Waals surface area contributed by atoms with E-state index in [2.05, 4.69) is 10.6 Å². The average Bonchev–Trinajstić information content (AvgIpc) is 3.27. The summed E-state index contributed by atoms with van der Waals surface area (Å²) in [4.78, 5) is 25.1. The summed E-state index contributed by atoms with van der Waals surface area (Å²) in [6.45, 7) is -0.140. The van der Waals surface area contributed by atoms with Crippen LogP contribution >= 0.6 is 22.9 Å². The summed E-state index contributed by atoms with van der Waals surface area (Å²) in [6, 6.07) is 18.4. The predicted molar refractivity (Wildman–Crippen MR) is 117 cm³/mol. The van der Waals surface area contributed by atoms with Crippen LogP contribution in [-0.2, 0) is 26.0 Å². The SMILES string of the molecule is O=C(NCc1ccccc1Cl)C(=O)NC[C@@H](c1cccs1)S(=O)(=O)c1ccccc1. The van der Waals surface area contributed by atoms with Crippen LogP contribution in [0.25, 0.3) is 0 Å². The summed E-state index contributed by atoms with van der Waals surface area (Å²) >= 11 is 7.31. The van der Waals surface area contributed by atoms with Crippen molar-refractivity contribution in [2.45, 2.75) is 16.7 Å². The maximum Gasteiger partial charge on any atom is 0.309 e. The van der Waals surface area contributed by atoms with Crippen molar-refractivity contribution in [1.29, 1.82) is 0 Å². The van der Waals surface area contributed by atoms with E-state index < -0.39 is 26.9 Å². The molecule has 0 radical (unpaired) electrons. The highest BCUT2D eigenvalue weighted by molar-refractivity contribution is 7.91. The molecule has 0 saturated carbocycles. The van der Waals surface area contributed by atoms with Crippen LogP contribution in [0.2, 0.25) is 5.02 Å².